The minimum absolute atomic E-state index is 0. The molecule has 0 heterocycles. The molecular weight excluding hydrogens is 333 g/mol. The Morgan fingerprint density at radius 3 is 2.33 bits per heavy atom. The topological polar surface area (TPSA) is 9.23 Å². The van der Waals surface area contributed by atoms with Crippen molar-refractivity contribution in [1.29, 1.82) is 0 Å². The first kappa shape index (κ1) is 19.0. The average molecular weight is 343 g/mol. The molecule has 0 N–H and O–H groups in total. The normalized spacial score (nSPS) is 10.9. The molecule has 8 heteroatoms. The van der Waals surface area contributed by atoms with Crippen molar-refractivity contribution >= 4 is 24.0 Å². The first-order valence-electron chi connectivity index (χ1n) is 5.73. The zero-order valence-corrected chi connectivity index (χ0v) is 15.0. The summed E-state index contributed by atoms with van der Waals surface area (Å²) in [4.78, 5) is 0. The van der Waals surface area contributed by atoms with Gasteiger partial charge in [0.1, 0.15) is 12.4 Å². The van der Waals surface area contributed by atoms with Gasteiger partial charge >= 0.3 is 58.4 Å². The van der Waals surface area contributed by atoms with Crippen LogP contribution in [0.5, 0.6) is 5.75 Å². The summed E-state index contributed by atoms with van der Waals surface area (Å²) in [6.45, 7) is -5.27. The Morgan fingerprint density at radius 2 is 1.71 bits per heavy atom. The molecule has 0 saturated carbocycles. The summed E-state index contributed by atoms with van der Waals surface area (Å²) in [6.07, 6.45) is 0. The van der Waals surface area contributed by atoms with Gasteiger partial charge in [-0.05, 0) is 23.8 Å². The Kier molecular flexibility index (Phi) is 7.23. The van der Waals surface area contributed by atoms with E-state index in [1.807, 2.05) is 0 Å². The molecule has 2 aromatic carbocycles. The number of para-hydroxylation sites is 1. The summed E-state index contributed by atoms with van der Waals surface area (Å²) >= 11 is 5.59. The van der Waals surface area contributed by atoms with Crippen LogP contribution in [0.15, 0.2) is 42.5 Å². The van der Waals surface area contributed by atoms with Crippen LogP contribution >= 0.6 is 11.6 Å². The molecule has 0 aliphatic rings. The van der Waals surface area contributed by atoms with E-state index in [0.717, 1.165) is 12.1 Å². The molecule has 2 aromatic rings. The van der Waals surface area contributed by atoms with E-state index in [0.29, 0.717) is 5.56 Å². The van der Waals surface area contributed by atoms with E-state index in [2.05, 4.69) is 0 Å². The van der Waals surface area contributed by atoms with Gasteiger partial charge in [0.05, 0.1) is 10.8 Å². The first-order chi connectivity index (χ1) is 9.38. The van der Waals surface area contributed by atoms with Gasteiger partial charge in [-0.3, -0.25) is 0 Å². The SMILES string of the molecule is Fc1ccc(COc2ccccc2[B-](F)(F)F)cc1Cl.[K+]. The van der Waals surface area contributed by atoms with Crippen molar-refractivity contribution in [2.45, 2.75) is 6.61 Å². The fourth-order valence-corrected chi connectivity index (χ4v) is 1.88. The van der Waals surface area contributed by atoms with Gasteiger partial charge in [-0.15, -0.1) is 0 Å². The van der Waals surface area contributed by atoms with Crippen LogP contribution in [0.3, 0.4) is 0 Å². The van der Waals surface area contributed by atoms with Crippen molar-refractivity contribution in [3.05, 3.63) is 58.9 Å². The minimum atomic E-state index is -5.15. The number of halogens is 5. The molecule has 0 aliphatic carbocycles. The molecule has 0 aromatic heterocycles. The zero-order valence-electron chi connectivity index (χ0n) is 11.1. The van der Waals surface area contributed by atoms with Crippen molar-refractivity contribution in [2.24, 2.45) is 0 Å². The zero-order chi connectivity index (χ0) is 14.8. The van der Waals surface area contributed by atoms with Gasteiger partial charge in [-0.1, -0.05) is 41.3 Å². The number of hydrogen-bond donors (Lipinski definition) is 0. The van der Waals surface area contributed by atoms with Crippen LogP contribution in [0.2, 0.25) is 5.02 Å². The summed E-state index contributed by atoms with van der Waals surface area (Å²) in [6, 6.07) is 8.83. The van der Waals surface area contributed by atoms with E-state index in [4.69, 9.17) is 16.3 Å². The molecule has 0 aliphatic heterocycles. The van der Waals surface area contributed by atoms with E-state index in [1.165, 1.54) is 30.3 Å². The Labute approximate surface area is 167 Å². The predicted molar refractivity (Wildman–Crippen MR) is 70.9 cm³/mol. The van der Waals surface area contributed by atoms with E-state index in [9.17, 15) is 17.3 Å². The Morgan fingerprint density at radius 1 is 1.05 bits per heavy atom. The van der Waals surface area contributed by atoms with Crippen LogP contribution in [0, 0.1) is 5.82 Å². The van der Waals surface area contributed by atoms with Gasteiger partial charge in [0.15, 0.2) is 0 Å². The maximum absolute atomic E-state index is 13.0. The molecule has 2 rings (SSSR count). The van der Waals surface area contributed by atoms with Crippen LogP contribution in [-0.4, -0.2) is 6.98 Å². The molecule has 106 valence electrons. The number of benzene rings is 2. The molecule has 0 amide bonds. The summed E-state index contributed by atoms with van der Waals surface area (Å²) in [7, 11) is 0. The number of ether oxygens (including phenoxy) is 1. The third kappa shape index (κ3) is 5.26. The van der Waals surface area contributed by atoms with Gasteiger partial charge < -0.3 is 17.7 Å². The van der Waals surface area contributed by atoms with Crippen molar-refractivity contribution in [1.82, 2.24) is 0 Å². The van der Waals surface area contributed by atoms with Crippen LogP contribution in [0.4, 0.5) is 17.3 Å². The van der Waals surface area contributed by atoms with Crippen molar-refractivity contribution < 1.29 is 73.5 Å². The van der Waals surface area contributed by atoms with E-state index >= 15 is 0 Å². The molecule has 0 spiro atoms. The quantitative estimate of drug-likeness (QED) is 0.598. The molecule has 0 atom stereocenters. The second kappa shape index (κ2) is 7.99. The second-order valence-electron chi connectivity index (χ2n) is 4.15. The van der Waals surface area contributed by atoms with Gasteiger partial charge in [-0.25, -0.2) is 4.39 Å². The van der Waals surface area contributed by atoms with Crippen LogP contribution in [-0.2, 0) is 6.61 Å². The summed E-state index contributed by atoms with van der Waals surface area (Å²) < 4.78 is 56.5. The average Bonchev–Trinajstić information content (AvgIpc) is 2.39. The largest absolute Gasteiger partial charge is 1.00 e. The molecular formula is C13H9BClF4KO. The van der Waals surface area contributed by atoms with Crippen LogP contribution < -0.4 is 61.6 Å². The monoisotopic (exact) mass is 342 g/mol. The van der Waals surface area contributed by atoms with Crippen molar-refractivity contribution in [3.8, 4) is 5.75 Å². The summed E-state index contributed by atoms with van der Waals surface area (Å²) in [5, 5.41) is -0.0978. The molecule has 0 fully saturated rings. The third-order valence-corrected chi connectivity index (χ3v) is 2.94. The Balaban J connectivity index is 0.00000220. The molecule has 0 saturated heterocycles. The maximum Gasteiger partial charge on any atom is 1.00 e. The fraction of sp³-hybridized carbons (Fsp3) is 0.0769. The van der Waals surface area contributed by atoms with E-state index in [-0.39, 0.29) is 68.8 Å². The van der Waals surface area contributed by atoms with Crippen LogP contribution in [0.25, 0.3) is 0 Å². The predicted octanol–water partition coefficient (Wildman–Crippen LogP) is 1.12. The number of rotatable bonds is 4. The Hall–Kier alpha value is -0.0487. The van der Waals surface area contributed by atoms with Crippen LogP contribution in [0.1, 0.15) is 5.56 Å². The molecule has 0 bridgehead atoms. The smallest absolute Gasteiger partial charge is 0.492 e. The first-order valence-corrected chi connectivity index (χ1v) is 6.11. The van der Waals surface area contributed by atoms with Gasteiger partial charge in [0, 0.05) is 0 Å². The van der Waals surface area contributed by atoms with Gasteiger partial charge in [0.2, 0.25) is 0 Å². The minimum Gasteiger partial charge on any atom is -0.492 e. The fourth-order valence-electron chi connectivity index (χ4n) is 1.67. The van der Waals surface area contributed by atoms with Crippen molar-refractivity contribution in [3.63, 3.8) is 0 Å². The molecule has 21 heavy (non-hydrogen) atoms. The summed E-state index contributed by atoms with van der Waals surface area (Å²) in [5.41, 5.74) is -0.304. The second-order valence-corrected chi connectivity index (χ2v) is 4.56. The van der Waals surface area contributed by atoms with Crippen molar-refractivity contribution in [2.75, 3.05) is 0 Å². The summed E-state index contributed by atoms with van der Waals surface area (Å²) in [5.74, 6) is -0.838. The van der Waals surface area contributed by atoms with Gasteiger partial charge in [0.25, 0.3) is 0 Å². The standard InChI is InChI=1S/C13H9BClF4O.K/c15-11-7-9(5-6-12(11)16)8-20-13-4-2-1-3-10(13)14(17,18)19;/h1-7H,8H2;/q-1;+1. The maximum atomic E-state index is 13.0. The van der Waals surface area contributed by atoms with E-state index < -0.39 is 18.3 Å². The molecule has 0 unspecified atom stereocenters. The number of hydrogen-bond acceptors (Lipinski definition) is 1. The molecule has 0 radical (unpaired) electrons. The van der Waals surface area contributed by atoms with E-state index in [1.54, 1.807) is 0 Å². The van der Waals surface area contributed by atoms with Gasteiger partial charge in [-0.2, -0.15) is 0 Å². The Bertz CT molecular complexity index is 621. The third-order valence-electron chi connectivity index (χ3n) is 2.65. The molecule has 1 nitrogen and oxygen atoms in total.